The van der Waals surface area contributed by atoms with Crippen LogP contribution >= 0.6 is 11.6 Å². The Morgan fingerprint density at radius 3 is 2.72 bits per heavy atom. The van der Waals surface area contributed by atoms with Crippen LogP contribution in [0.15, 0.2) is 0 Å². The Bertz CT molecular complexity index is 394. The van der Waals surface area contributed by atoms with Crippen molar-refractivity contribution in [2.24, 2.45) is 11.7 Å². The van der Waals surface area contributed by atoms with Gasteiger partial charge in [0, 0.05) is 12.6 Å². The van der Waals surface area contributed by atoms with Gasteiger partial charge in [-0.25, -0.2) is 0 Å². The van der Waals surface area contributed by atoms with Crippen LogP contribution in [0, 0.1) is 12.8 Å². The van der Waals surface area contributed by atoms with Crippen molar-refractivity contribution in [3.63, 3.8) is 0 Å². The SMILES string of the molecule is CCn1nc(C)c(Cl)c1CCC(N)C1CCCC1. The molecular weight excluding hydrogens is 246 g/mol. The predicted octanol–water partition coefficient (Wildman–Crippen LogP) is 3.31. The molecule has 2 N–H and O–H groups in total. The van der Waals surface area contributed by atoms with Gasteiger partial charge in [0.15, 0.2) is 0 Å². The van der Waals surface area contributed by atoms with Crippen molar-refractivity contribution in [1.82, 2.24) is 9.78 Å². The van der Waals surface area contributed by atoms with Gasteiger partial charge in [-0.1, -0.05) is 24.4 Å². The number of hydrogen-bond acceptors (Lipinski definition) is 2. The van der Waals surface area contributed by atoms with E-state index in [-0.39, 0.29) is 0 Å². The van der Waals surface area contributed by atoms with Crippen LogP contribution in [0.5, 0.6) is 0 Å². The fraction of sp³-hybridized carbons (Fsp3) is 0.786. The molecule has 18 heavy (non-hydrogen) atoms. The summed E-state index contributed by atoms with van der Waals surface area (Å²) in [5.74, 6) is 0.725. The molecule has 0 spiro atoms. The molecule has 1 aliphatic rings. The summed E-state index contributed by atoms with van der Waals surface area (Å²) in [4.78, 5) is 0. The molecule has 1 unspecified atom stereocenters. The first-order valence-corrected chi connectivity index (χ1v) is 7.48. The van der Waals surface area contributed by atoms with Crippen LogP contribution in [0.3, 0.4) is 0 Å². The molecule has 102 valence electrons. The van der Waals surface area contributed by atoms with Crippen molar-refractivity contribution in [3.8, 4) is 0 Å². The minimum Gasteiger partial charge on any atom is -0.327 e. The number of nitrogens with two attached hydrogens (primary N) is 1. The lowest BCUT2D eigenvalue weighted by Crippen LogP contribution is -2.29. The summed E-state index contributed by atoms with van der Waals surface area (Å²) in [7, 11) is 0. The maximum atomic E-state index is 6.31. The Labute approximate surface area is 115 Å². The lowest BCUT2D eigenvalue weighted by Gasteiger charge is -2.18. The van der Waals surface area contributed by atoms with Crippen LogP contribution < -0.4 is 5.73 Å². The van der Waals surface area contributed by atoms with Crippen LogP contribution in [0.25, 0.3) is 0 Å². The van der Waals surface area contributed by atoms with E-state index >= 15 is 0 Å². The molecular formula is C14H24ClN3. The summed E-state index contributed by atoms with van der Waals surface area (Å²) < 4.78 is 2.01. The van der Waals surface area contributed by atoms with E-state index in [2.05, 4.69) is 12.0 Å². The zero-order valence-corrected chi connectivity index (χ0v) is 12.2. The Morgan fingerprint density at radius 1 is 1.44 bits per heavy atom. The summed E-state index contributed by atoms with van der Waals surface area (Å²) in [5.41, 5.74) is 8.39. The third-order valence-corrected chi connectivity index (χ3v) is 4.66. The van der Waals surface area contributed by atoms with Gasteiger partial charge in [0.1, 0.15) is 0 Å². The van der Waals surface area contributed by atoms with Crippen LogP contribution in [-0.2, 0) is 13.0 Å². The second kappa shape index (κ2) is 6.07. The summed E-state index contributed by atoms with van der Waals surface area (Å²) in [6, 6.07) is 0.323. The second-order valence-electron chi connectivity index (χ2n) is 5.41. The number of nitrogens with zero attached hydrogens (tertiary/aromatic N) is 2. The van der Waals surface area contributed by atoms with Crippen LogP contribution in [0.2, 0.25) is 5.02 Å². The molecule has 0 aromatic carbocycles. The first-order chi connectivity index (χ1) is 8.63. The fourth-order valence-corrected chi connectivity index (χ4v) is 3.26. The second-order valence-corrected chi connectivity index (χ2v) is 5.79. The predicted molar refractivity (Wildman–Crippen MR) is 75.9 cm³/mol. The maximum Gasteiger partial charge on any atom is 0.0847 e. The van der Waals surface area contributed by atoms with Crippen LogP contribution in [0.4, 0.5) is 0 Å². The molecule has 1 atom stereocenters. The molecule has 0 bridgehead atoms. The van der Waals surface area contributed by atoms with Gasteiger partial charge in [-0.3, -0.25) is 4.68 Å². The topological polar surface area (TPSA) is 43.8 Å². The quantitative estimate of drug-likeness (QED) is 0.891. The van der Waals surface area contributed by atoms with E-state index in [4.69, 9.17) is 17.3 Å². The highest BCUT2D eigenvalue weighted by Gasteiger charge is 2.22. The smallest absolute Gasteiger partial charge is 0.0847 e. The number of aromatic nitrogens is 2. The molecule has 1 aromatic heterocycles. The van der Waals surface area contributed by atoms with Gasteiger partial charge in [-0.2, -0.15) is 5.10 Å². The third kappa shape index (κ3) is 2.89. The molecule has 1 saturated carbocycles. The van der Waals surface area contributed by atoms with Gasteiger partial charge >= 0.3 is 0 Å². The van der Waals surface area contributed by atoms with E-state index in [1.807, 2.05) is 11.6 Å². The molecule has 1 fully saturated rings. The molecule has 0 saturated heterocycles. The van der Waals surface area contributed by atoms with Crippen molar-refractivity contribution in [3.05, 3.63) is 16.4 Å². The molecule has 0 amide bonds. The fourth-order valence-electron chi connectivity index (χ4n) is 3.03. The number of halogens is 1. The minimum atomic E-state index is 0.323. The van der Waals surface area contributed by atoms with Crippen LogP contribution in [0.1, 0.15) is 50.4 Å². The maximum absolute atomic E-state index is 6.31. The molecule has 0 aliphatic heterocycles. The summed E-state index contributed by atoms with van der Waals surface area (Å²) >= 11 is 6.31. The van der Waals surface area contributed by atoms with Crippen molar-refractivity contribution in [1.29, 1.82) is 0 Å². The highest BCUT2D eigenvalue weighted by atomic mass is 35.5. The standard InChI is InChI=1S/C14H24ClN3/c1-3-18-13(14(15)10(2)17-18)9-8-12(16)11-6-4-5-7-11/h11-12H,3-9,16H2,1-2H3. The first-order valence-electron chi connectivity index (χ1n) is 7.10. The average Bonchev–Trinajstić information content (AvgIpc) is 2.97. The van der Waals surface area contributed by atoms with E-state index in [1.54, 1.807) is 0 Å². The molecule has 1 aromatic rings. The Balaban J connectivity index is 1.96. The monoisotopic (exact) mass is 269 g/mol. The van der Waals surface area contributed by atoms with E-state index in [0.29, 0.717) is 6.04 Å². The third-order valence-electron chi connectivity index (χ3n) is 4.17. The van der Waals surface area contributed by atoms with Gasteiger partial charge in [-0.15, -0.1) is 0 Å². The number of rotatable bonds is 5. The van der Waals surface area contributed by atoms with E-state index in [1.165, 1.54) is 25.7 Å². The summed E-state index contributed by atoms with van der Waals surface area (Å²) in [5, 5.41) is 5.28. The zero-order chi connectivity index (χ0) is 13.1. The van der Waals surface area contributed by atoms with Gasteiger partial charge in [0.2, 0.25) is 0 Å². The van der Waals surface area contributed by atoms with Gasteiger partial charge in [0.05, 0.1) is 16.4 Å². The molecule has 4 heteroatoms. The number of hydrogen-bond donors (Lipinski definition) is 1. The molecule has 1 aliphatic carbocycles. The lowest BCUT2D eigenvalue weighted by molar-refractivity contribution is 0.406. The first kappa shape index (κ1) is 13.9. The summed E-state index contributed by atoms with van der Waals surface area (Å²) in [6.45, 7) is 4.94. The Morgan fingerprint density at radius 2 is 2.11 bits per heavy atom. The van der Waals surface area contributed by atoms with Gasteiger partial charge in [-0.05, 0) is 45.4 Å². The van der Waals surface area contributed by atoms with E-state index in [0.717, 1.165) is 41.7 Å². The van der Waals surface area contributed by atoms with Crippen molar-refractivity contribution < 1.29 is 0 Å². The molecule has 2 rings (SSSR count). The van der Waals surface area contributed by atoms with Crippen molar-refractivity contribution >= 4 is 11.6 Å². The van der Waals surface area contributed by atoms with Gasteiger partial charge in [0.25, 0.3) is 0 Å². The molecule has 3 nitrogen and oxygen atoms in total. The Hall–Kier alpha value is -0.540. The number of aryl methyl sites for hydroxylation is 2. The van der Waals surface area contributed by atoms with Crippen molar-refractivity contribution in [2.75, 3.05) is 0 Å². The highest BCUT2D eigenvalue weighted by Crippen LogP contribution is 2.29. The van der Waals surface area contributed by atoms with E-state index in [9.17, 15) is 0 Å². The molecule has 0 radical (unpaired) electrons. The lowest BCUT2D eigenvalue weighted by atomic mass is 9.94. The average molecular weight is 270 g/mol. The zero-order valence-electron chi connectivity index (χ0n) is 11.5. The normalized spacial score (nSPS) is 18.4. The summed E-state index contributed by atoms with van der Waals surface area (Å²) in [6.07, 6.45) is 7.29. The largest absolute Gasteiger partial charge is 0.327 e. The minimum absolute atomic E-state index is 0.323. The Kier molecular flexibility index (Phi) is 4.68. The van der Waals surface area contributed by atoms with E-state index < -0.39 is 0 Å². The van der Waals surface area contributed by atoms with Gasteiger partial charge < -0.3 is 5.73 Å². The molecule has 1 heterocycles. The van der Waals surface area contributed by atoms with Crippen molar-refractivity contribution in [2.45, 2.75) is 65.0 Å². The highest BCUT2D eigenvalue weighted by molar-refractivity contribution is 6.31. The van der Waals surface area contributed by atoms with Crippen LogP contribution in [-0.4, -0.2) is 15.8 Å².